The third-order valence-corrected chi connectivity index (χ3v) is 6.79. The molecule has 0 aliphatic heterocycles. The van der Waals surface area contributed by atoms with Crippen molar-refractivity contribution in [3.63, 3.8) is 0 Å². The summed E-state index contributed by atoms with van der Waals surface area (Å²) in [5.74, 6) is -0.292. The average Bonchev–Trinajstić information content (AvgIpc) is 3.14. The van der Waals surface area contributed by atoms with E-state index in [1.165, 1.54) is 13.1 Å². The molecule has 1 aromatic heterocycles. The molecule has 0 aliphatic carbocycles. The molecule has 4 aromatic rings. The number of hydrogen-bond donors (Lipinski definition) is 2. The second-order valence-corrected chi connectivity index (χ2v) is 9.17. The van der Waals surface area contributed by atoms with Crippen LogP contribution >= 0.6 is 0 Å². The van der Waals surface area contributed by atoms with Gasteiger partial charge in [0, 0.05) is 29.3 Å². The summed E-state index contributed by atoms with van der Waals surface area (Å²) in [5.41, 5.74) is 3.65. The van der Waals surface area contributed by atoms with Gasteiger partial charge in [-0.25, -0.2) is 13.1 Å². The Labute approximate surface area is 181 Å². The Kier molecular flexibility index (Phi) is 5.63. The smallest absolute Gasteiger partial charge is 0.257 e. The van der Waals surface area contributed by atoms with Crippen LogP contribution in [0.25, 0.3) is 10.9 Å². The molecule has 7 heteroatoms. The molecule has 0 saturated carbocycles. The van der Waals surface area contributed by atoms with Crippen LogP contribution in [0, 0.1) is 6.92 Å². The van der Waals surface area contributed by atoms with Crippen LogP contribution in [-0.4, -0.2) is 25.9 Å². The van der Waals surface area contributed by atoms with Crippen molar-refractivity contribution >= 4 is 32.5 Å². The zero-order chi connectivity index (χ0) is 22.0. The lowest BCUT2D eigenvalue weighted by Crippen LogP contribution is -2.20. The molecule has 31 heavy (non-hydrogen) atoms. The standard InChI is InChI=1S/C24H23N3O3S/c1-17-12-13-19(14-23(17)31(29,30)25-2)26-24(28)21-16-27(15-18-8-4-3-5-9-18)22-11-7-6-10-20(21)22/h3-14,16,25H,15H2,1-2H3,(H,26,28). The molecule has 0 radical (unpaired) electrons. The van der Waals surface area contributed by atoms with Gasteiger partial charge >= 0.3 is 0 Å². The van der Waals surface area contributed by atoms with Crippen molar-refractivity contribution in [2.75, 3.05) is 12.4 Å². The number of carbonyl (C=O) groups is 1. The minimum atomic E-state index is -3.62. The van der Waals surface area contributed by atoms with Crippen molar-refractivity contribution in [3.8, 4) is 0 Å². The minimum absolute atomic E-state index is 0.138. The quantitative estimate of drug-likeness (QED) is 0.479. The van der Waals surface area contributed by atoms with Gasteiger partial charge in [0.05, 0.1) is 10.5 Å². The summed E-state index contributed by atoms with van der Waals surface area (Å²) in [6.45, 7) is 2.36. The van der Waals surface area contributed by atoms with Crippen molar-refractivity contribution in [1.29, 1.82) is 0 Å². The Hall–Kier alpha value is -3.42. The summed E-state index contributed by atoms with van der Waals surface area (Å²) in [6, 6.07) is 22.6. The number of amides is 1. The fourth-order valence-corrected chi connectivity index (χ4v) is 4.61. The van der Waals surface area contributed by atoms with Crippen LogP contribution in [0.1, 0.15) is 21.5 Å². The van der Waals surface area contributed by atoms with Crippen LogP contribution in [0.5, 0.6) is 0 Å². The van der Waals surface area contributed by atoms with Crippen molar-refractivity contribution in [2.45, 2.75) is 18.4 Å². The van der Waals surface area contributed by atoms with Gasteiger partial charge in [0.2, 0.25) is 10.0 Å². The van der Waals surface area contributed by atoms with E-state index in [1.807, 2.05) is 65.4 Å². The van der Waals surface area contributed by atoms with Crippen LogP contribution in [0.15, 0.2) is 83.9 Å². The summed E-state index contributed by atoms with van der Waals surface area (Å²) in [4.78, 5) is 13.3. The largest absolute Gasteiger partial charge is 0.342 e. The number of aromatic nitrogens is 1. The summed E-state index contributed by atoms with van der Waals surface area (Å²) in [5, 5.41) is 3.69. The van der Waals surface area contributed by atoms with Crippen molar-refractivity contribution < 1.29 is 13.2 Å². The number of hydrogen-bond acceptors (Lipinski definition) is 3. The van der Waals surface area contributed by atoms with E-state index in [1.54, 1.807) is 19.1 Å². The highest BCUT2D eigenvalue weighted by molar-refractivity contribution is 7.89. The van der Waals surface area contributed by atoms with E-state index in [-0.39, 0.29) is 10.8 Å². The van der Waals surface area contributed by atoms with Gasteiger partial charge in [0.25, 0.3) is 5.91 Å². The third kappa shape index (κ3) is 4.23. The van der Waals surface area contributed by atoms with Crippen molar-refractivity contribution in [2.24, 2.45) is 0 Å². The number of fused-ring (bicyclic) bond motifs is 1. The number of rotatable bonds is 6. The molecule has 3 aromatic carbocycles. The first-order valence-corrected chi connectivity index (χ1v) is 11.3. The first-order valence-electron chi connectivity index (χ1n) is 9.86. The molecule has 1 amide bonds. The van der Waals surface area contributed by atoms with Gasteiger partial charge in [-0.2, -0.15) is 0 Å². The Morgan fingerprint density at radius 1 is 0.968 bits per heavy atom. The molecule has 1 heterocycles. The van der Waals surface area contributed by atoms with Gasteiger partial charge in [-0.05, 0) is 43.3 Å². The molecular weight excluding hydrogens is 410 g/mol. The predicted molar refractivity (Wildman–Crippen MR) is 123 cm³/mol. The number of anilines is 1. The number of nitrogens with one attached hydrogen (secondary N) is 2. The van der Waals surface area contributed by atoms with Crippen LogP contribution < -0.4 is 10.0 Å². The molecule has 0 bridgehead atoms. The first-order chi connectivity index (χ1) is 14.9. The Balaban J connectivity index is 1.68. The predicted octanol–water partition coefficient (Wildman–Crippen LogP) is 4.16. The van der Waals surface area contributed by atoms with Crippen molar-refractivity contribution in [3.05, 3.63) is 95.7 Å². The van der Waals surface area contributed by atoms with E-state index in [0.29, 0.717) is 23.4 Å². The zero-order valence-corrected chi connectivity index (χ0v) is 18.1. The van der Waals surface area contributed by atoms with Gasteiger partial charge in [-0.3, -0.25) is 4.79 Å². The maximum atomic E-state index is 13.1. The molecule has 0 unspecified atom stereocenters. The highest BCUT2D eigenvalue weighted by Crippen LogP contribution is 2.25. The van der Waals surface area contributed by atoms with Gasteiger partial charge in [-0.1, -0.05) is 54.6 Å². The zero-order valence-electron chi connectivity index (χ0n) is 17.3. The summed E-state index contributed by atoms with van der Waals surface area (Å²) in [6.07, 6.45) is 1.84. The SMILES string of the molecule is CNS(=O)(=O)c1cc(NC(=O)c2cn(Cc3ccccc3)c3ccccc23)ccc1C. The fraction of sp³-hybridized carbons (Fsp3) is 0.125. The molecule has 2 N–H and O–H groups in total. The number of carbonyl (C=O) groups excluding carboxylic acids is 1. The monoisotopic (exact) mass is 433 g/mol. The number of para-hydroxylation sites is 1. The summed E-state index contributed by atoms with van der Waals surface area (Å²) >= 11 is 0. The van der Waals surface area contributed by atoms with Crippen LogP contribution in [0.2, 0.25) is 0 Å². The highest BCUT2D eigenvalue weighted by atomic mass is 32.2. The molecule has 158 valence electrons. The van der Waals surface area contributed by atoms with Gasteiger partial charge in [-0.15, -0.1) is 0 Å². The van der Waals surface area contributed by atoms with Crippen LogP contribution in [-0.2, 0) is 16.6 Å². The maximum Gasteiger partial charge on any atom is 0.257 e. The molecule has 0 atom stereocenters. The summed E-state index contributed by atoms with van der Waals surface area (Å²) in [7, 11) is -2.26. The van der Waals surface area contributed by atoms with E-state index in [4.69, 9.17) is 0 Å². The van der Waals surface area contributed by atoms with Crippen LogP contribution in [0.3, 0.4) is 0 Å². The fourth-order valence-electron chi connectivity index (χ4n) is 3.61. The Bertz CT molecular complexity index is 1360. The molecule has 6 nitrogen and oxygen atoms in total. The second-order valence-electron chi connectivity index (χ2n) is 7.32. The molecular formula is C24H23N3O3S. The lowest BCUT2D eigenvalue weighted by Gasteiger charge is -2.10. The highest BCUT2D eigenvalue weighted by Gasteiger charge is 2.18. The third-order valence-electron chi connectivity index (χ3n) is 5.23. The minimum Gasteiger partial charge on any atom is -0.342 e. The lowest BCUT2D eigenvalue weighted by atomic mass is 10.1. The van der Waals surface area contributed by atoms with E-state index < -0.39 is 10.0 Å². The van der Waals surface area contributed by atoms with E-state index in [0.717, 1.165) is 16.5 Å². The number of nitrogens with zero attached hydrogens (tertiary/aromatic N) is 1. The number of benzene rings is 3. The van der Waals surface area contributed by atoms with E-state index in [9.17, 15) is 13.2 Å². The number of aryl methyl sites for hydroxylation is 1. The average molecular weight is 434 g/mol. The molecule has 0 fully saturated rings. The maximum absolute atomic E-state index is 13.1. The summed E-state index contributed by atoms with van der Waals surface area (Å²) < 4.78 is 28.9. The second kappa shape index (κ2) is 8.37. The van der Waals surface area contributed by atoms with E-state index >= 15 is 0 Å². The van der Waals surface area contributed by atoms with Gasteiger partial charge in [0.15, 0.2) is 0 Å². The topological polar surface area (TPSA) is 80.2 Å². The number of sulfonamides is 1. The first kappa shape index (κ1) is 20.8. The van der Waals surface area contributed by atoms with Gasteiger partial charge < -0.3 is 9.88 Å². The van der Waals surface area contributed by atoms with Crippen molar-refractivity contribution in [1.82, 2.24) is 9.29 Å². The normalized spacial score (nSPS) is 11.5. The van der Waals surface area contributed by atoms with Gasteiger partial charge in [0.1, 0.15) is 0 Å². The Morgan fingerprint density at radius 3 is 2.42 bits per heavy atom. The molecule has 0 spiro atoms. The van der Waals surface area contributed by atoms with E-state index in [2.05, 4.69) is 10.0 Å². The van der Waals surface area contributed by atoms with Crippen LogP contribution in [0.4, 0.5) is 5.69 Å². The lowest BCUT2D eigenvalue weighted by molar-refractivity contribution is 0.102. The molecule has 0 aliphatic rings. The Morgan fingerprint density at radius 2 is 1.68 bits per heavy atom. The molecule has 0 saturated heterocycles. The molecule has 4 rings (SSSR count).